The molecule has 1 amide bonds. The predicted molar refractivity (Wildman–Crippen MR) is 79.6 cm³/mol. The molecule has 0 bridgehead atoms. The molecular weight excluding hydrogens is 327 g/mol. The van der Waals surface area contributed by atoms with Gasteiger partial charge in [-0.1, -0.05) is 24.3 Å². The minimum Gasteiger partial charge on any atom is -0.267 e. The van der Waals surface area contributed by atoms with Gasteiger partial charge in [0.15, 0.2) is 0 Å². The van der Waals surface area contributed by atoms with Crippen LogP contribution in [-0.2, 0) is 6.18 Å². The maximum absolute atomic E-state index is 12.8. The van der Waals surface area contributed by atoms with Gasteiger partial charge in [0.25, 0.3) is 11.6 Å². The van der Waals surface area contributed by atoms with E-state index in [1.54, 1.807) is 0 Å². The summed E-state index contributed by atoms with van der Waals surface area (Å²) in [5, 5.41) is 14.2. The molecule has 0 saturated heterocycles. The van der Waals surface area contributed by atoms with Gasteiger partial charge in [0.05, 0.1) is 22.3 Å². The lowest BCUT2D eigenvalue weighted by Crippen LogP contribution is -2.22. The Balaban J connectivity index is 2.14. The lowest BCUT2D eigenvalue weighted by Gasteiger charge is -2.10. The summed E-state index contributed by atoms with van der Waals surface area (Å²) in [4.78, 5) is 21.9. The zero-order valence-corrected chi connectivity index (χ0v) is 11.9. The molecule has 0 unspecified atom stereocenters. The van der Waals surface area contributed by atoms with Gasteiger partial charge < -0.3 is 0 Å². The smallest absolute Gasteiger partial charge is 0.267 e. The molecule has 0 aliphatic carbocycles. The van der Waals surface area contributed by atoms with Crippen molar-refractivity contribution < 1.29 is 22.9 Å². The summed E-state index contributed by atoms with van der Waals surface area (Å²) < 4.78 is 38.5. The van der Waals surface area contributed by atoms with Crippen LogP contribution in [0.3, 0.4) is 0 Å². The number of non-ortho nitro benzene ring substituents is 1. The van der Waals surface area contributed by atoms with Crippen molar-refractivity contribution in [3.63, 3.8) is 0 Å². The second kappa shape index (κ2) is 6.90. The zero-order valence-electron chi connectivity index (χ0n) is 11.9. The van der Waals surface area contributed by atoms with Gasteiger partial charge in [-0.15, -0.1) is 0 Å². The molecule has 6 nitrogen and oxygen atoms in total. The van der Waals surface area contributed by atoms with E-state index in [2.05, 4.69) is 5.10 Å². The lowest BCUT2D eigenvalue weighted by molar-refractivity contribution is -0.384. The number of halogens is 3. The van der Waals surface area contributed by atoms with E-state index < -0.39 is 28.1 Å². The molecule has 0 aromatic heterocycles. The van der Waals surface area contributed by atoms with Crippen LogP contribution in [0.2, 0.25) is 0 Å². The highest BCUT2D eigenvalue weighted by atomic mass is 19.4. The molecule has 124 valence electrons. The molecule has 2 aromatic carbocycles. The van der Waals surface area contributed by atoms with Crippen molar-refractivity contribution in [2.75, 3.05) is 0 Å². The van der Waals surface area contributed by atoms with Gasteiger partial charge in [-0.25, -0.2) is 5.43 Å². The first-order chi connectivity index (χ1) is 11.3. The van der Waals surface area contributed by atoms with E-state index in [9.17, 15) is 28.1 Å². The number of nitrogens with zero attached hydrogens (tertiary/aromatic N) is 2. The van der Waals surface area contributed by atoms with E-state index in [1.165, 1.54) is 36.4 Å². The molecule has 1 N–H and O–H groups in total. The molecule has 0 aliphatic heterocycles. The van der Waals surface area contributed by atoms with Crippen LogP contribution in [0.25, 0.3) is 0 Å². The Kier molecular flexibility index (Phi) is 4.93. The number of nitrogens with one attached hydrogen (secondary N) is 1. The fraction of sp³-hybridized carbons (Fsp3) is 0.0667. The quantitative estimate of drug-likeness (QED) is 0.527. The van der Waals surface area contributed by atoms with Crippen molar-refractivity contribution in [3.05, 3.63) is 75.3 Å². The number of nitro benzene ring substituents is 1. The summed E-state index contributed by atoms with van der Waals surface area (Å²) in [6, 6.07) is 9.68. The first kappa shape index (κ1) is 17.1. The van der Waals surface area contributed by atoms with Crippen LogP contribution >= 0.6 is 0 Å². The van der Waals surface area contributed by atoms with Crippen molar-refractivity contribution in [2.24, 2.45) is 5.10 Å². The van der Waals surface area contributed by atoms with Crippen molar-refractivity contribution in [1.29, 1.82) is 0 Å². The SMILES string of the molecule is O=C(N/N=C/c1cccc([N+](=O)[O-])c1)c1ccccc1C(F)(F)F. The molecular formula is C15H10F3N3O3. The number of hydrazone groups is 1. The third kappa shape index (κ3) is 4.15. The maximum atomic E-state index is 12.8. The molecule has 24 heavy (non-hydrogen) atoms. The van der Waals surface area contributed by atoms with Crippen molar-refractivity contribution in [2.45, 2.75) is 6.18 Å². The monoisotopic (exact) mass is 337 g/mol. The largest absolute Gasteiger partial charge is 0.417 e. The molecule has 0 aliphatic rings. The highest BCUT2D eigenvalue weighted by Gasteiger charge is 2.34. The Hall–Kier alpha value is -3.23. The molecule has 2 rings (SSSR count). The van der Waals surface area contributed by atoms with Crippen LogP contribution in [0, 0.1) is 10.1 Å². The van der Waals surface area contributed by atoms with Gasteiger partial charge in [0, 0.05) is 17.7 Å². The van der Waals surface area contributed by atoms with Crippen LogP contribution in [0.1, 0.15) is 21.5 Å². The van der Waals surface area contributed by atoms with Crippen molar-refractivity contribution in [1.82, 2.24) is 5.43 Å². The maximum Gasteiger partial charge on any atom is 0.417 e. The Labute approximate surface area is 133 Å². The zero-order chi connectivity index (χ0) is 17.7. The number of benzene rings is 2. The Bertz CT molecular complexity index is 804. The molecule has 9 heteroatoms. The van der Waals surface area contributed by atoms with Gasteiger partial charge in [-0.2, -0.15) is 18.3 Å². The van der Waals surface area contributed by atoms with Gasteiger partial charge in [-0.05, 0) is 12.1 Å². The summed E-state index contributed by atoms with van der Waals surface area (Å²) in [7, 11) is 0. The number of carbonyl (C=O) groups is 1. The van der Waals surface area contributed by atoms with Gasteiger partial charge >= 0.3 is 6.18 Å². The van der Waals surface area contributed by atoms with Crippen LogP contribution in [0.4, 0.5) is 18.9 Å². The predicted octanol–water partition coefficient (Wildman–Crippen LogP) is 3.38. The van der Waals surface area contributed by atoms with E-state index >= 15 is 0 Å². The Morgan fingerprint density at radius 2 is 1.88 bits per heavy atom. The minimum absolute atomic E-state index is 0.173. The van der Waals surface area contributed by atoms with Crippen molar-refractivity contribution >= 4 is 17.8 Å². The molecule has 0 radical (unpaired) electrons. The first-order valence-corrected chi connectivity index (χ1v) is 6.53. The molecule has 0 saturated carbocycles. The number of amides is 1. The van der Waals surface area contributed by atoms with Gasteiger partial charge in [-0.3, -0.25) is 14.9 Å². The van der Waals surface area contributed by atoms with Crippen LogP contribution in [0.5, 0.6) is 0 Å². The summed E-state index contributed by atoms with van der Waals surface area (Å²) in [6.07, 6.45) is -3.57. The Morgan fingerprint density at radius 1 is 1.17 bits per heavy atom. The second-order valence-electron chi connectivity index (χ2n) is 4.59. The topological polar surface area (TPSA) is 84.6 Å². The Morgan fingerprint density at radius 3 is 2.54 bits per heavy atom. The normalized spacial score (nSPS) is 11.5. The van der Waals surface area contributed by atoms with E-state index in [4.69, 9.17) is 0 Å². The summed E-state index contributed by atoms with van der Waals surface area (Å²) >= 11 is 0. The second-order valence-corrected chi connectivity index (χ2v) is 4.59. The standard InChI is InChI=1S/C15H10F3N3O3/c16-15(17,18)13-7-2-1-6-12(13)14(22)20-19-9-10-4-3-5-11(8-10)21(23)24/h1-9H,(H,20,22)/b19-9+. The molecule has 2 aromatic rings. The van der Waals surface area contributed by atoms with Gasteiger partial charge in [0.2, 0.25) is 0 Å². The highest BCUT2D eigenvalue weighted by Crippen LogP contribution is 2.31. The number of hydrogen-bond acceptors (Lipinski definition) is 4. The molecule has 0 heterocycles. The average molecular weight is 337 g/mol. The third-order valence-corrected chi connectivity index (χ3v) is 2.94. The molecule has 0 fully saturated rings. The van der Waals surface area contributed by atoms with E-state index in [-0.39, 0.29) is 5.69 Å². The summed E-state index contributed by atoms with van der Waals surface area (Å²) in [5.41, 5.74) is 0.465. The first-order valence-electron chi connectivity index (χ1n) is 6.53. The fourth-order valence-corrected chi connectivity index (χ4v) is 1.87. The third-order valence-electron chi connectivity index (χ3n) is 2.94. The average Bonchev–Trinajstić information content (AvgIpc) is 2.54. The number of hydrogen-bond donors (Lipinski definition) is 1. The fourth-order valence-electron chi connectivity index (χ4n) is 1.87. The number of carbonyl (C=O) groups excluding carboxylic acids is 1. The summed E-state index contributed by atoms with van der Waals surface area (Å²) in [6.45, 7) is 0. The highest BCUT2D eigenvalue weighted by molar-refractivity contribution is 5.96. The molecule has 0 atom stereocenters. The number of alkyl halides is 3. The number of nitro groups is 1. The van der Waals surface area contributed by atoms with Gasteiger partial charge in [0.1, 0.15) is 0 Å². The lowest BCUT2D eigenvalue weighted by atomic mass is 10.1. The van der Waals surface area contributed by atoms with Crippen LogP contribution in [-0.4, -0.2) is 17.0 Å². The van der Waals surface area contributed by atoms with E-state index in [0.717, 1.165) is 18.3 Å². The molecule has 0 spiro atoms. The van der Waals surface area contributed by atoms with Crippen LogP contribution in [0.15, 0.2) is 53.6 Å². The van der Waals surface area contributed by atoms with E-state index in [0.29, 0.717) is 5.56 Å². The number of rotatable bonds is 4. The van der Waals surface area contributed by atoms with Crippen LogP contribution < -0.4 is 5.43 Å². The summed E-state index contributed by atoms with van der Waals surface area (Å²) in [5.74, 6) is -1.04. The van der Waals surface area contributed by atoms with Crippen molar-refractivity contribution in [3.8, 4) is 0 Å². The van der Waals surface area contributed by atoms with E-state index in [1.807, 2.05) is 5.43 Å². The minimum atomic E-state index is -4.67.